The number of likely N-dealkylation sites (tertiary alicyclic amines) is 1. The molecule has 0 unspecified atom stereocenters. The Bertz CT molecular complexity index is 2960. The molecule has 5 rings (SSSR count). The number of benzene rings is 2. The Morgan fingerprint density at radius 3 is 1.46 bits per heavy atom. The average Bonchev–Trinajstić information content (AvgIpc) is 0.944. The summed E-state index contributed by atoms with van der Waals surface area (Å²) >= 11 is 0. The van der Waals surface area contributed by atoms with E-state index < -0.39 is 162 Å². The summed E-state index contributed by atoms with van der Waals surface area (Å²) < 4.78 is 0. The van der Waals surface area contributed by atoms with Crippen molar-refractivity contribution in [2.75, 3.05) is 47.3 Å². The highest BCUT2D eigenvalue weighted by atomic mass is 16.3. The van der Waals surface area contributed by atoms with Crippen LogP contribution in [0.5, 0.6) is 0 Å². The average molecular weight is 1330 g/mol. The monoisotopic (exact) mass is 1320 g/mol. The molecule has 0 aliphatic carbocycles. The largest absolute Gasteiger partial charge is 0.391 e. The zero-order valence-electron chi connectivity index (χ0n) is 58.4. The van der Waals surface area contributed by atoms with Gasteiger partial charge in [0.2, 0.25) is 70.9 Å². The van der Waals surface area contributed by atoms with Gasteiger partial charge < -0.3 is 66.8 Å². The number of carbonyl (C=O) groups is 12. The molecule has 12 amide bonds. The molecule has 3 aliphatic heterocycles. The molecule has 2 aromatic carbocycles. The minimum absolute atomic E-state index is 0.0406. The van der Waals surface area contributed by atoms with Crippen LogP contribution in [0.25, 0.3) is 0 Å². The maximum absolute atomic E-state index is 15.2. The number of amides is 12. The normalized spacial score (nSPS) is 26.3. The van der Waals surface area contributed by atoms with Crippen molar-refractivity contribution in [1.82, 2.24) is 61.7 Å². The van der Waals surface area contributed by atoms with Crippen molar-refractivity contribution >= 4 is 70.9 Å². The van der Waals surface area contributed by atoms with Gasteiger partial charge in [-0.2, -0.15) is 0 Å². The lowest BCUT2D eigenvalue weighted by Gasteiger charge is -2.36. The second-order valence-electron chi connectivity index (χ2n) is 27.8. The topological polar surface area (TPSA) is 325 Å². The first-order valence-corrected chi connectivity index (χ1v) is 34.1. The lowest BCUT2D eigenvalue weighted by Crippen LogP contribution is -2.62. The number of aliphatic hydroxyl groups is 1. The Balaban J connectivity index is 1.63. The van der Waals surface area contributed by atoms with E-state index in [4.69, 9.17) is 0 Å². The number of nitrogens with one attached hydrogen (secondary N) is 7. The maximum atomic E-state index is 15.2. The van der Waals surface area contributed by atoms with E-state index in [1.165, 1.54) is 47.7 Å². The number of nitrogens with zero attached hydrogens (tertiary/aromatic N) is 5. The van der Waals surface area contributed by atoms with Crippen LogP contribution in [0.15, 0.2) is 60.7 Å². The fourth-order valence-corrected chi connectivity index (χ4v) is 12.7. The molecule has 3 aliphatic rings. The number of hydrogen-bond donors (Lipinski definition) is 8. The van der Waals surface area contributed by atoms with Crippen LogP contribution in [0.2, 0.25) is 0 Å². The Hall–Kier alpha value is -7.96. The number of carbonyl (C=O) groups excluding carboxylic acids is 12. The van der Waals surface area contributed by atoms with Crippen LogP contribution in [0.4, 0.5) is 0 Å². The zero-order chi connectivity index (χ0) is 70.5. The highest BCUT2D eigenvalue weighted by Crippen LogP contribution is 2.24. The molecule has 12 atom stereocenters. The van der Waals surface area contributed by atoms with Crippen molar-refractivity contribution in [3.63, 3.8) is 0 Å². The third kappa shape index (κ3) is 22.3. The van der Waals surface area contributed by atoms with Crippen molar-refractivity contribution < 1.29 is 62.6 Å². The molecule has 95 heavy (non-hydrogen) atoms. The molecule has 0 radical (unpaired) electrons. The third-order valence-electron chi connectivity index (χ3n) is 18.2. The molecule has 2 aromatic rings. The number of hydrogen-bond acceptors (Lipinski definition) is 13. The predicted octanol–water partition coefficient (Wildman–Crippen LogP) is 2.61. The van der Waals surface area contributed by atoms with Gasteiger partial charge >= 0.3 is 0 Å². The highest BCUT2D eigenvalue weighted by molar-refractivity contribution is 6.00. The standard InChI is InChI=1S/C70H108N12O13/c1-15-45(10)60-65(90)71-40-57(85)77-59(46(11)83)70(95)82-33-25-30-53(82)61(86)73-50(37-47-26-19-16-20-27-47)66(91)78(12)55(36-43(6)7)63(88)74-52(69(94)81-31-23-18-24-32-81)39-56(84)76-58(44(8)9)64(89)75-51(38-48-28-21-17-22-29-48)67(92)79(13)54(35-42(4)5)62(87)72-49(34-41(2)3)68(93)80(60)14/h16-17,19-22,26-29,41-46,49-55,58-60,83H,15,18,23-25,30-40H2,1-14H3,(H,71,90)(H,72,87)(H,73,86)(H,74,88)(H,75,89)(H,76,84)(H,77,85)/t45-,46+,49-,50-,51-,52-,53-,54-,55-,58+,59-,60-/m0/s1. The molecule has 25 nitrogen and oxygen atoms in total. The van der Waals surface area contributed by atoms with Gasteiger partial charge in [0.15, 0.2) is 0 Å². The van der Waals surface area contributed by atoms with Gasteiger partial charge in [0.25, 0.3) is 0 Å². The molecule has 3 saturated heterocycles. The van der Waals surface area contributed by atoms with E-state index in [9.17, 15) is 48.3 Å². The predicted molar refractivity (Wildman–Crippen MR) is 359 cm³/mol. The minimum atomic E-state index is -1.61. The van der Waals surface area contributed by atoms with Gasteiger partial charge in [-0.05, 0) is 99.0 Å². The Kier molecular flexibility index (Phi) is 30.1. The summed E-state index contributed by atoms with van der Waals surface area (Å²) in [7, 11) is 4.28. The Morgan fingerprint density at radius 2 is 0.979 bits per heavy atom. The highest BCUT2D eigenvalue weighted by Gasteiger charge is 2.44. The van der Waals surface area contributed by atoms with Crippen LogP contribution >= 0.6 is 0 Å². The minimum Gasteiger partial charge on any atom is -0.391 e. The molecule has 0 saturated carbocycles. The van der Waals surface area contributed by atoms with E-state index in [-0.39, 0.29) is 62.8 Å². The second kappa shape index (κ2) is 36.8. The van der Waals surface area contributed by atoms with Crippen LogP contribution in [0.1, 0.15) is 151 Å². The summed E-state index contributed by atoms with van der Waals surface area (Å²) in [5.41, 5.74) is 1.30. The van der Waals surface area contributed by atoms with E-state index >= 15 is 14.4 Å². The number of rotatable bonds is 15. The summed E-state index contributed by atoms with van der Waals surface area (Å²) in [5, 5.41) is 30.5. The lowest BCUT2D eigenvalue weighted by atomic mass is 9.94. The van der Waals surface area contributed by atoms with E-state index in [2.05, 4.69) is 37.2 Å². The van der Waals surface area contributed by atoms with Crippen molar-refractivity contribution in [1.29, 1.82) is 0 Å². The maximum Gasteiger partial charge on any atom is 0.248 e. The van der Waals surface area contributed by atoms with Gasteiger partial charge in [-0.25, -0.2) is 0 Å². The van der Waals surface area contributed by atoms with Gasteiger partial charge in [0.05, 0.1) is 19.1 Å². The fraction of sp³-hybridized carbons (Fsp3) is 0.657. The molecular formula is C70H108N12O13. The first-order valence-electron chi connectivity index (χ1n) is 34.1. The molecular weight excluding hydrogens is 1220 g/mol. The molecule has 526 valence electrons. The number of piperidine rings is 1. The summed E-state index contributed by atoms with van der Waals surface area (Å²) in [4.78, 5) is 183. The molecule has 0 aromatic heterocycles. The van der Waals surface area contributed by atoms with Gasteiger partial charge in [-0.1, -0.05) is 136 Å². The van der Waals surface area contributed by atoms with Crippen molar-refractivity contribution in [2.45, 2.75) is 220 Å². The zero-order valence-corrected chi connectivity index (χ0v) is 58.4. The van der Waals surface area contributed by atoms with Gasteiger partial charge in [-0.3, -0.25) is 57.5 Å². The van der Waals surface area contributed by atoms with E-state index in [0.717, 1.165) is 6.42 Å². The summed E-state index contributed by atoms with van der Waals surface area (Å²) in [6, 6.07) is 4.61. The first kappa shape index (κ1) is 77.7. The summed E-state index contributed by atoms with van der Waals surface area (Å²) in [6.07, 6.45) is 1.16. The van der Waals surface area contributed by atoms with Crippen LogP contribution < -0.4 is 37.2 Å². The van der Waals surface area contributed by atoms with Crippen LogP contribution in [0, 0.1) is 29.6 Å². The molecule has 0 spiro atoms. The summed E-state index contributed by atoms with van der Waals surface area (Å²) in [6.45, 7) is 19.4. The van der Waals surface area contributed by atoms with Crippen molar-refractivity contribution in [3.8, 4) is 0 Å². The molecule has 3 heterocycles. The number of fused-ring (bicyclic) bond motifs is 1. The SMILES string of the molecule is CC[C@H](C)[C@H]1C(=O)NCC(=O)N[C@@H]([C@@H](C)O)C(=O)N2CCC[C@H]2C(=O)N[C@@H](Cc2ccccc2)C(=O)N(C)[C@@H](CC(C)C)C(=O)N[C@H](C(=O)N2CCCCC2)CC(=O)N[C@H](C(C)C)C(=O)N[C@@H](Cc2ccccc2)C(=O)N(C)[C@@H](CC(C)C)C(=O)N[C@@H](CC(C)C)C(=O)N1C. The lowest BCUT2D eigenvalue weighted by molar-refractivity contribution is -0.147. The van der Waals surface area contributed by atoms with Crippen LogP contribution in [-0.2, 0) is 70.4 Å². The van der Waals surface area contributed by atoms with Crippen molar-refractivity contribution in [3.05, 3.63) is 71.8 Å². The van der Waals surface area contributed by atoms with E-state index in [1.807, 2.05) is 48.5 Å². The van der Waals surface area contributed by atoms with Crippen LogP contribution in [-0.4, -0.2) is 214 Å². The van der Waals surface area contributed by atoms with Gasteiger partial charge in [0, 0.05) is 53.6 Å². The van der Waals surface area contributed by atoms with Gasteiger partial charge in [-0.15, -0.1) is 0 Å². The molecule has 25 heteroatoms. The molecule has 3 fully saturated rings. The Morgan fingerprint density at radius 1 is 0.505 bits per heavy atom. The second-order valence-corrected chi connectivity index (χ2v) is 27.8. The van der Waals surface area contributed by atoms with Gasteiger partial charge in [0.1, 0.15) is 60.4 Å². The fourth-order valence-electron chi connectivity index (χ4n) is 12.7. The molecule has 0 bridgehead atoms. The molecule has 8 N–H and O–H groups in total. The van der Waals surface area contributed by atoms with Crippen molar-refractivity contribution in [2.24, 2.45) is 29.6 Å². The summed E-state index contributed by atoms with van der Waals surface area (Å²) in [5.74, 6) is -10.3. The number of likely N-dealkylation sites (N-methyl/N-ethyl adjacent to an activating group) is 3. The third-order valence-corrected chi connectivity index (χ3v) is 18.2. The first-order chi connectivity index (χ1) is 44.8. The number of aliphatic hydroxyl groups excluding tert-OH is 1. The smallest absolute Gasteiger partial charge is 0.248 e. The quantitative estimate of drug-likeness (QED) is 0.127. The van der Waals surface area contributed by atoms with E-state index in [1.54, 1.807) is 86.3 Å². The van der Waals surface area contributed by atoms with Crippen LogP contribution in [0.3, 0.4) is 0 Å². The van der Waals surface area contributed by atoms with E-state index in [0.29, 0.717) is 49.9 Å². The Labute approximate surface area is 561 Å².